The van der Waals surface area contributed by atoms with Gasteiger partial charge in [0, 0.05) is 27.7 Å². The number of nitrogens with one attached hydrogen (secondary N) is 1. The molecule has 8 heteroatoms. The van der Waals surface area contributed by atoms with Crippen molar-refractivity contribution in [3.05, 3.63) is 110 Å². The normalized spacial score (nSPS) is 17.8. The summed E-state index contributed by atoms with van der Waals surface area (Å²) in [4.78, 5) is 6.83. The molecule has 1 aliphatic rings. The van der Waals surface area contributed by atoms with E-state index < -0.39 is 0 Å². The predicted molar refractivity (Wildman–Crippen MR) is 147 cm³/mol. The quantitative estimate of drug-likeness (QED) is 0.254. The van der Waals surface area contributed by atoms with E-state index in [-0.39, 0.29) is 12.1 Å². The largest absolute Gasteiger partial charge is 0.351 e. The van der Waals surface area contributed by atoms with E-state index in [4.69, 9.17) is 35.4 Å². The van der Waals surface area contributed by atoms with Crippen LogP contribution in [0, 0.1) is 13.8 Å². The molecule has 2 aromatic heterocycles. The van der Waals surface area contributed by atoms with Crippen LogP contribution in [-0.2, 0) is 0 Å². The van der Waals surface area contributed by atoms with E-state index in [1.807, 2.05) is 48.7 Å². The second kappa shape index (κ2) is 9.34. The molecule has 172 valence electrons. The molecule has 0 saturated carbocycles. The molecule has 0 amide bonds. The van der Waals surface area contributed by atoms with Crippen LogP contribution in [0.25, 0.3) is 5.69 Å². The molecule has 1 saturated heterocycles. The first-order valence-corrected chi connectivity index (χ1v) is 12.7. The van der Waals surface area contributed by atoms with Crippen LogP contribution in [0.2, 0.25) is 10.0 Å². The molecule has 4 nitrogen and oxygen atoms in total. The van der Waals surface area contributed by atoms with Gasteiger partial charge in [-0.25, -0.2) is 0 Å². The standard InChI is InChI=1S/C26H21BrCl2N4S/c1-15-14-19(16(2)32(15)22-8-5-6-20(28)23(22)29)25-24(21-7-3-4-13-30-21)31-26(34)33(25)18-11-9-17(27)10-12-18/h3-14,24-25H,1-2H3,(H,31,34)/t24-,25+/m1/s1. The first kappa shape index (κ1) is 23.4. The van der Waals surface area contributed by atoms with E-state index in [9.17, 15) is 0 Å². The number of benzene rings is 2. The van der Waals surface area contributed by atoms with Crippen molar-refractivity contribution < 1.29 is 0 Å². The highest BCUT2D eigenvalue weighted by Gasteiger charge is 2.42. The van der Waals surface area contributed by atoms with Gasteiger partial charge in [0.05, 0.1) is 33.5 Å². The SMILES string of the molecule is Cc1cc([C@H]2[C@@H](c3ccccn3)NC(=S)N2c2ccc(Br)cc2)c(C)n1-c1cccc(Cl)c1Cl. The summed E-state index contributed by atoms with van der Waals surface area (Å²) in [5.74, 6) is 0. The third-order valence-corrected chi connectivity index (χ3v) is 7.82. The summed E-state index contributed by atoms with van der Waals surface area (Å²) in [5.41, 5.74) is 6.06. The van der Waals surface area contributed by atoms with Crippen molar-refractivity contribution in [1.82, 2.24) is 14.9 Å². The number of aryl methyl sites for hydroxylation is 1. The molecule has 3 heterocycles. The molecule has 0 radical (unpaired) electrons. The average Bonchev–Trinajstić information content (AvgIpc) is 3.32. The number of pyridine rings is 1. The maximum absolute atomic E-state index is 6.62. The Kier molecular flexibility index (Phi) is 6.42. The van der Waals surface area contributed by atoms with Gasteiger partial charge in [0.1, 0.15) is 0 Å². The number of anilines is 1. The van der Waals surface area contributed by atoms with Crippen molar-refractivity contribution in [2.24, 2.45) is 0 Å². The molecule has 0 bridgehead atoms. The molecule has 0 unspecified atom stereocenters. The summed E-state index contributed by atoms with van der Waals surface area (Å²) >= 11 is 22.4. The van der Waals surface area contributed by atoms with Crippen LogP contribution in [0.4, 0.5) is 5.69 Å². The first-order chi connectivity index (χ1) is 16.4. The minimum absolute atomic E-state index is 0.110. The Morgan fingerprint density at radius 2 is 1.76 bits per heavy atom. The fourth-order valence-electron chi connectivity index (χ4n) is 4.67. The van der Waals surface area contributed by atoms with Gasteiger partial charge in [-0.2, -0.15) is 0 Å². The Morgan fingerprint density at radius 3 is 2.47 bits per heavy atom. The number of thiocarbonyl (C=S) groups is 1. The van der Waals surface area contributed by atoms with Crippen molar-refractivity contribution in [3.8, 4) is 5.69 Å². The lowest BCUT2D eigenvalue weighted by atomic mass is 9.96. The Bertz CT molecular complexity index is 1370. The fourth-order valence-corrected chi connectivity index (χ4v) is 5.66. The van der Waals surface area contributed by atoms with Crippen molar-refractivity contribution in [2.45, 2.75) is 25.9 Å². The zero-order chi connectivity index (χ0) is 24.0. The molecule has 0 spiro atoms. The van der Waals surface area contributed by atoms with Gasteiger partial charge >= 0.3 is 0 Å². The van der Waals surface area contributed by atoms with Gasteiger partial charge in [-0.1, -0.05) is 51.3 Å². The molecular formula is C26H21BrCl2N4S. The van der Waals surface area contributed by atoms with E-state index in [0.29, 0.717) is 15.2 Å². The van der Waals surface area contributed by atoms with Gasteiger partial charge < -0.3 is 14.8 Å². The van der Waals surface area contributed by atoms with Crippen LogP contribution in [-0.4, -0.2) is 14.7 Å². The number of halogens is 3. The average molecular weight is 572 g/mol. The highest BCUT2D eigenvalue weighted by molar-refractivity contribution is 9.10. The predicted octanol–water partition coefficient (Wildman–Crippen LogP) is 7.74. The van der Waals surface area contributed by atoms with Crippen molar-refractivity contribution in [2.75, 3.05) is 4.90 Å². The maximum atomic E-state index is 6.62. The van der Waals surface area contributed by atoms with Gasteiger partial charge in [0.15, 0.2) is 5.11 Å². The second-order valence-corrected chi connectivity index (χ2v) is 10.3. The topological polar surface area (TPSA) is 33.1 Å². The van der Waals surface area contributed by atoms with Crippen molar-refractivity contribution >= 4 is 62.1 Å². The molecule has 1 N–H and O–H groups in total. The molecular weight excluding hydrogens is 551 g/mol. The van der Waals surface area contributed by atoms with Gasteiger partial charge in [-0.05, 0) is 86.2 Å². The minimum Gasteiger partial charge on any atom is -0.351 e. The summed E-state index contributed by atoms with van der Waals surface area (Å²) in [5, 5.41) is 5.24. The third-order valence-electron chi connectivity index (χ3n) is 6.16. The smallest absolute Gasteiger partial charge is 0.174 e. The molecule has 0 aliphatic carbocycles. The highest BCUT2D eigenvalue weighted by Crippen LogP contribution is 2.44. The van der Waals surface area contributed by atoms with Crippen LogP contribution in [0.15, 0.2) is 77.4 Å². The lowest BCUT2D eigenvalue weighted by Gasteiger charge is -2.28. The fraction of sp³-hybridized carbons (Fsp3) is 0.154. The molecule has 34 heavy (non-hydrogen) atoms. The zero-order valence-electron chi connectivity index (χ0n) is 18.5. The first-order valence-electron chi connectivity index (χ1n) is 10.8. The third kappa shape index (κ3) is 4.03. The zero-order valence-corrected chi connectivity index (χ0v) is 22.4. The van der Waals surface area contributed by atoms with Crippen molar-refractivity contribution in [3.63, 3.8) is 0 Å². The Labute approximate surface area is 222 Å². The summed E-state index contributed by atoms with van der Waals surface area (Å²) in [6.45, 7) is 4.18. The van der Waals surface area contributed by atoms with Crippen LogP contribution < -0.4 is 10.2 Å². The van der Waals surface area contributed by atoms with Gasteiger partial charge in [-0.3, -0.25) is 4.98 Å². The summed E-state index contributed by atoms with van der Waals surface area (Å²) in [7, 11) is 0. The van der Waals surface area contributed by atoms with Gasteiger partial charge in [-0.15, -0.1) is 0 Å². The maximum Gasteiger partial charge on any atom is 0.174 e. The molecule has 1 aliphatic heterocycles. The lowest BCUT2D eigenvalue weighted by Crippen LogP contribution is -2.29. The number of aromatic nitrogens is 2. The number of hydrogen-bond acceptors (Lipinski definition) is 2. The second-order valence-electron chi connectivity index (χ2n) is 8.21. The van der Waals surface area contributed by atoms with E-state index in [2.05, 4.69) is 67.7 Å². The molecule has 1 fully saturated rings. The number of hydrogen-bond donors (Lipinski definition) is 1. The van der Waals surface area contributed by atoms with Gasteiger partial charge in [0.2, 0.25) is 0 Å². The summed E-state index contributed by atoms with van der Waals surface area (Å²) in [6.07, 6.45) is 1.81. The molecule has 2 atom stereocenters. The summed E-state index contributed by atoms with van der Waals surface area (Å²) < 4.78 is 3.17. The molecule has 5 rings (SSSR count). The Hall–Kier alpha value is -2.38. The van der Waals surface area contributed by atoms with Crippen LogP contribution in [0.3, 0.4) is 0 Å². The van der Waals surface area contributed by atoms with Crippen LogP contribution in [0.1, 0.15) is 34.7 Å². The van der Waals surface area contributed by atoms with Gasteiger partial charge in [0.25, 0.3) is 0 Å². The molecule has 2 aromatic carbocycles. The van der Waals surface area contributed by atoms with Crippen LogP contribution in [0.5, 0.6) is 0 Å². The van der Waals surface area contributed by atoms with E-state index in [1.54, 1.807) is 6.07 Å². The minimum atomic E-state index is -0.124. The van der Waals surface area contributed by atoms with E-state index in [0.717, 1.165) is 38.5 Å². The summed E-state index contributed by atoms with van der Waals surface area (Å²) in [6, 6.07) is 21.8. The monoisotopic (exact) mass is 570 g/mol. The molecule has 4 aromatic rings. The number of rotatable bonds is 4. The van der Waals surface area contributed by atoms with Crippen molar-refractivity contribution in [1.29, 1.82) is 0 Å². The van der Waals surface area contributed by atoms with E-state index >= 15 is 0 Å². The van der Waals surface area contributed by atoms with E-state index in [1.165, 1.54) is 0 Å². The van der Waals surface area contributed by atoms with Crippen LogP contribution >= 0.6 is 51.3 Å². The number of nitrogens with zero attached hydrogens (tertiary/aromatic N) is 3. The Balaban J connectivity index is 1.70. The Morgan fingerprint density at radius 1 is 1.00 bits per heavy atom. The lowest BCUT2D eigenvalue weighted by molar-refractivity contribution is 0.565. The highest BCUT2D eigenvalue weighted by atomic mass is 79.9.